The Labute approximate surface area is 117 Å². The Hall–Kier alpha value is -1.03. The first-order chi connectivity index (χ1) is 8.20. The van der Waals surface area contributed by atoms with Crippen LogP contribution in [0.5, 0.6) is 0 Å². The van der Waals surface area contributed by atoms with Crippen LogP contribution in [0.1, 0.15) is 39.3 Å². The van der Waals surface area contributed by atoms with E-state index in [1.54, 1.807) is 11.9 Å². The van der Waals surface area contributed by atoms with Gasteiger partial charge in [0.25, 0.3) is 0 Å². The summed E-state index contributed by atoms with van der Waals surface area (Å²) in [5.74, 6) is 0. The molecule has 0 fully saturated rings. The average molecular weight is 314 g/mol. The predicted molar refractivity (Wildman–Crippen MR) is 76.6 cm³/mol. The van der Waals surface area contributed by atoms with E-state index in [1.165, 1.54) is 0 Å². The van der Waals surface area contributed by atoms with E-state index in [0.29, 0.717) is 0 Å². The van der Waals surface area contributed by atoms with Crippen LogP contribution in [0.2, 0.25) is 0 Å². The Kier molecular flexibility index (Phi) is 4.79. The number of rotatable bonds is 2. The topological polar surface area (TPSA) is 29.5 Å². The molecule has 0 heterocycles. The molecular weight excluding hydrogens is 294 g/mol. The second kappa shape index (κ2) is 5.74. The van der Waals surface area contributed by atoms with Crippen molar-refractivity contribution >= 4 is 22.0 Å². The molecule has 0 aliphatic heterocycles. The zero-order chi connectivity index (χ0) is 13.9. The smallest absolute Gasteiger partial charge is 0.410 e. The number of hydrogen-bond acceptors (Lipinski definition) is 2. The highest BCUT2D eigenvalue weighted by molar-refractivity contribution is 9.10. The lowest BCUT2D eigenvalue weighted by Gasteiger charge is -2.29. The minimum absolute atomic E-state index is 0.0204. The van der Waals surface area contributed by atoms with Crippen molar-refractivity contribution in [3.63, 3.8) is 0 Å². The molecule has 18 heavy (non-hydrogen) atoms. The van der Waals surface area contributed by atoms with Crippen LogP contribution in [0.4, 0.5) is 4.79 Å². The molecule has 4 heteroatoms. The van der Waals surface area contributed by atoms with Crippen LogP contribution in [0.3, 0.4) is 0 Å². The van der Waals surface area contributed by atoms with Crippen molar-refractivity contribution < 1.29 is 9.53 Å². The van der Waals surface area contributed by atoms with Gasteiger partial charge in [0.1, 0.15) is 5.60 Å². The fourth-order valence-corrected chi connectivity index (χ4v) is 1.72. The van der Waals surface area contributed by atoms with Crippen molar-refractivity contribution in [2.45, 2.75) is 39.3 Å². The average Bonchev–Trinajstić information content (AvgIpc) is 2.26. The molecule has 0 N–H and O–H groups in total. The van der Waals surface area contributed by atoms with Crippen LogP contribution in [0.25, 0.3) is 0 Å². The van der Waals surface area contributed by atoms with Gasteiger partial charge < -0.3 is 9.64 Å². The number of hydrogen-bond donors (Lipinski definition) is 0. The molecule has 0 spiro atoms. The quantitative estimate of drug-likeness (QED) is 0.811. The van der Waals surface area contributed by atoms with Gasteiger partial charge in [0.2, 0.25) is 0 Å². The molecular formula is C14H20BrNO2. The molecule has 1 atom stereocenters. The van der Waals surface area contributed by atoms with E-state index in [0.717, 1.165) is 10.0 Å². The number of ether oxygens (including phenoxy) is 1. The van der Waals surface area contributed by atoms with Gasteiger partial charge in [-0.25, -0.2) is 4.79 Å². The highest BCUT2D eigenvalue weighted by atomic mass is 79.9. The summed E-state index contributed by atoms with van der Waals surface area (Å²) in [6.45, 7) is 7.57. The van der Waals surface area contributed by atoms with Crippen LogP contribution < -0.4 is 0 Å². The monoisotopic (exact) mass is 313 g/mol. The fourth-order valence-electron chi connectivity index (χ4n) is 1.46. The second-order valence-corrected chi connectivity index (χ2v) is 6.23. The van der Waals surface area contributed by atoms with Crippen molar-refractivity contribution in [3.05, 3.63) is 34.3 Å². The molecule has 0 aromatic heterocycles. The molecule has 0 bridgehead atoms. The summed E-state index contributed by atoms with van der Waals surface area (Å²) < 4.78 is 6.37. The third kappa shape index (κ3) is 4.33. The number of carbonyl (C=O) groups is 1. The van der Waals surface area contributed by atoms with E-state index in [2.05, 4.69) is 15.9 Å². The molecule has 1 aromatic carbocycles. The molecule has 0 aliphatic carbocycles. The lowest BCUT2D eigenvalue weighted by molar-refractivity contribution is 0.0234. The second-order valence-electron chi connectivity index (χ2n) is 5.32. The van der Waals surface area contributed by atoms with Gasteiger partial charge in [0.15, 0.2) is 0 Å². The summed E-state index contributed by atoms with van der Waals surface area (Å²) in [5.41, 5.74) is 0.608. The van der Waals surface area contributed by atoms with Crippen molar-refractivity contribution in [2.75, 3.05) is 7.05 Å². The largest absolute Gasteiger partial charge is 0.444 e. The van der Waals surface area contributed by atoms with Crippen LogP contribution in [0, 0.1) is 0 Å². The molecule has 1 aromatic rings. The maximum atomic E-state index is 11.9. The molecule has 0 radical (unpaired) electrons. The maximum absolute atomic E-state index is 11.9. The molecule has 1 rings (SSSR count). The van der Waals surface area contributed by atoms with Crippen molar-refractivity contribution in [1.29, 1.82) is 0 Å². The number of carbonyl (C=O) groups excluding carboxylic acids is 1. The van der Waals surface area contributed by atoms with Gasteiger partial charge in [0.05, 0.1) is 6.04 Å². The first kappa shape index (κ1) is 15.0. The molecule has 100 valence electrons. The molecule has 0 saturated heterocycles. The third-order valence-electron chi connectivity index (χ3n) is 2.61. The van der Waals surface area contributed by atoms with Crippen LogP contribution in [-0.4, -0.2) is 23.6 Å². The van der Waals surface area contributed by atoms with E-state index in [4.69, 9.17) is 4.74 Å². The first-order valence-corrected chi connectivity index (χ1v) is 6.71. The third-order valence-corrected chi connectivity index (χ3v) is 3.14. The first-order valence-electron chi connectivity index (χ1n) is 5.92. The number of halogens is 1. The Morgan fingerprint density at radius 3 is 2.22 bits per heavy atom. The van der Waals surface area contributed by atoms with E-state index in [-0.39, 0.29) is 12.1 Å². The molecule has 0 saturated carbocycles. The fraction of sp³-hybridized carbons (Fsp3) is 0.500. The highest BCUT2D eigenvalue weighted by Crippen LogP contribution is 2.22. The van der Waals surface area contributed by atoms with E-state index >= 15 is 0 Å². The summed E-state index contributed by atoms with van der Waals surface area (Å²) in [5, 5.41) is 0. The normalized spacial score (nSPS) is 13.0. The maximum Gasteiger partial charge on any atom is 0.410 e. The van der Waals surface area contributed by atoms with Crippen molar-refractivity contribution in [1.82, 2.24) is 4.90 Å². The highest BCUT2D eigenvalue weighted by Gasteiger charge is 2.23. The Morgan fingerprint density at radius 2 is 1.78 bits per heavy atom. The van der Waals surface area contributed by atoms with Crippen molar-refractivity contribution in [3.8, 4) is 0 Å². The summed E-state index contributed by atoms with van der Waals surface area (Å²) in [4.78, 5) is 13.5. The number of nitrogens with zero attached hydrogens (tertiary/aromatic N) is 1. The molecule has 3 nitrogen and oxygen atoms in total. The molecule has 1 unspecified atom stereocenters. The van der Waals surface area contributed by atoms with Gasteiger partial charge in [-0.15, -0.1) is 0 Å². The Balaban J connectivity index is 2.74. The lowest BCUT2D eigenvalue weighted by atomic mass is 10.1. The SMILES string of the molecule is CC(c1ccc(Br)cc1)N(C)C(=O)OC(C)(C)C. The Morgan fingerprint density at radius 1 is 1.28 bits per heavy atom. The van der Waals surface area contributed by atoms with Gasteiger partial charge in [0, 0.05) is 11.5 Å². The number of amides is 1. The summed E-state index contributed by atoms with van der Waals surface area (Å²) in [6, 6.07) is 7.90. The van der Waals surface area contributed by atoms with Gasteiger partial charge >= 0.3 is 6.09 Å². The summed E-state index contributed by atoms with van der Waals surface area (Å²) in [7, 11) is 1.75. The van der Waals surface area contributed by atoms with Crippen LogP contribution in [-0.2, 0) is 4.74 Å². The predicted octanol–water partition coefficient (Wildman–Crippen LogP) is 4.38. The minimum Gasteiger partial charge on any atom is -0.444 e. The zero-order valence-corrected chi connectivity index (χ0v) is 13.1. The Bertz CT molecular complexity index is 409. The van der Waals surface area contributed by atoms with Crippen LogP contribution >= 0.6 is 15.9 Å². The molecule has 0 aliphatic rings. The summed E-state index contributed by atoms with van der Waals surface area (Å²) in [6.07, 6.45) is -0.307. The van der Waals surface area contributed by atoms with Crippen LogP contribution in [0.15, 0.2) is 28.7 Å². The zero-order valence-electron chi connectivity index (χ0n) is 11.5. The van der Waals surface area contributed by atoms with Crippen molar-refractivity contribution in [2.24, 2.45) is 0 Å². The van der Waals surface area contributed by atoms with Gasteiger partial charge in [-0.05, 0) is 45.4 Å². The van der Waals surface area contributed by atoms with Gasteiger partial charge in [-0.1, -0.05) is 28.1 Å². The van der Waals surface area contributed by atoms with E-state index in [1.807, 2.05) is 52.0 Å². The van der Waals surface area contributed by atoms with E-state index < -0.39 is 5.60 Å². The molecule has 1 amide bonds. The standard InChI is InChI=1S/C14H20BrNO2/c1-10(11-6-8-12(15)9-7-11)16(5)13(17)18-14(2,3)4/h6-10H,1-5H3. The lowest BCUT2D eigenvalue weighted by Crippen LogP contribution is -2.35. The van der Waals surface area contributed by atoms with E-state index in [9.17, 15) is 4.79 Å². The van der Waals surface area contributed by atoms with Gasteiger partial charge in [-0.3, -0.25) is 0 Å². The van der Waals surface area contributed by atoms with Gasteiger partial charge in [-0.2, -0.15) is 0 Å². The number of benzene rings is 1. The minimum atomic E-state index is -0.467. The summed E-state index contributed by atoms with van der Waals surface area (Å²) >= 11 is 3.40.